The minimum Gasteiger partial charge on any atom is -0.493 e. The Balaban J connectivity index is 2.04. The fraction of sp³-hybridized carbons (Fsp3) is 0.273. The molecule has 0 fully saturated rings. The Bertz CT molecular complexity index is 972. The monoisotopic (exact) mass is 414 g/mol. The Morgan fingerprint density at radius 3 is 2.50 bits per heavy atom. The largest absolute Gasteiger partial charge is 0.493 e. The van der Waals surface area contributed by atoms with Crippen molar-refractivity contribution in [3.8, 4) is 11.5 Å². The Labute approximate surface area is 173 Å². The molecule has 1 atom stereocenters. The second-order valence-electron chi connectivity index (χ2n) is 6.56. The second-order valence-corrected chi connectivity index (χ2v) is 6.56. The van der Waals surface area contributed by atoms with Gasteiger partial charge in [-0.1, -0.05) is 31.2 Å². The molecule has 0 radical (unpaired) electrons. The summed E-state index contributed by atoms with van der Waals surface area (Å²) in [4.78, 5) is 24.8. The maximum Gasteiger partial charge on any atom is 0.337 e. The fourth-order valence-electron chi connectivity index (χ4n) is 3.29. The topological polar surface area (TPSA) is 85.9 Å². The van der Waals surface area contributed by atoms with Crippen LogP contribution >= 0.6 is 0 Å². The lowest BCUT2D eigenvalue weighted by atomic mass is 9.93. The van der Waals surface area contributed by atoms with Gasteiger partial charge in [0, 0.05) is 11.3 Å². The van der Waals surface area contributed by atoms with Crippen LogP contribution in [0.4, 0.5) is 9.18 Å². The van der Waals surface area contributed by atoms with Gasteiger partial charge in [0.15, 0.2) is 11.5 Å². The highest BCUT2D eigenvalue weighted by molar-refractivity contribution is 5.95. The van der Waals surface area contributed by atoms with E-state index in [-0.39, 0.29) is 12.4 Å². The molecule has 1 aliphatic heterocycles. The molecule has 158 valence electrons. The number of methoxy groups -OCH3 is 2. The predicted octanol–water partition coefficient (Wildman–Crippen LogP) is 3.60. The summed E-state index contributed by atoms with van der Waals surface area (Å²) in [5.74, 6) is -0.0937. The average molecular weight is 414 g/mol. The third-order valence-electron chi connectivity index (χ3n) is 4.75. The van der Waals surface area contributed by atoms with E-state index in [1.807, 2.05) is 6.92 Å². The number of urea groups is 1. The van der Waals surface area contributed by atoms with Crippen molar-refractivity contribution in [2.45, 2.75) is 26.0 Å². The SMILES string of the molecule is CCC1=C(C(=O)OC)C(c2cccc(OC)c2OCc2ccc(F)cc2)NC(=O)N1. The summed E-state index contributed by atoms with van der Waals surface area (Å²) in [6.45, 7) is 1.98. The third-order valence-corrected chi connectivity index (χ3v) is 4.75. The van der Waals surface area contributed by atoms with Crippen LogP contribution in [0.5, 0.6) is 11.5 Å². The molecule has 0 saturated carbocycles. The molecule has 1 aliphatic rings. The Kier molecular flexibility index (Phi) is 6.56. The van der Waals surface area contributed by atoms with E-state index in [2.05, 4.69) is 10.6 Å². The third kappa shape index (κ3) is 4.37. The van der Waals surface area contributed by atoms with Crippen molar-refractivity contribution >= 4 is 12.0 Å². The van der Waals surface area contributed by atoms with Crippen LogP contribution in [0.15, 0.2) is 53.7 Å². The smallest absolute Gasteiger partial charge is 0.337 e. The van der Waals surface area contributed by atoms with Crippen LogP contribution in [-0.2, 0) is 16.1 Å². The molecule has 1 unspecified atom stereocenters. The summed E-state index contributed by atoms with van der Waals surface area (Å²) in [6.07, 6.45) is 0.435. The molecule has 0 aliphatic carbocycles. The lowest BCUT2D eigenvalue weighted by Crippen LogP contribution is -2.45. The molecule has 7 nitrogen and oxygen atoms in total. The Hall–Kier alpha value is -3.55. The van der Waals surface area contributed by atoms with Gasteiger partial charge in [0.2, 0.25) is 0 Å². The van der Waals surface area contributed by atoms with Crippen molar-refractivity contribution in [3.05, 3.63) is 70.7 Å². The quantitative estimate of drug-likeness (QED) is 0.676. The van der Waals surface area contributed by atoms with Gasteiger partial charge in [-0.25, -0.2) is 14.0 Å². The van der Waals surface area contributed by atoms with Gasteiger partial charge in [-0.2, -0.15) is 0 Å². The number of nitrogens with one attached hydrogen (secondary N) is 2. The first-order chi connectivity index (χ1) is 14.5. The molecule has 0 saturated heterocycles. The standard InChI is InChI=1S/C22H23FN2O5/c1-4-16-18(21(26)29-3)19(25-22(27)24-16)15-6-5-7-17(28-2)20(15)30-12-13-8-10-14(23)11-9-13/h5-11,19H,4,12H2,1-3H3,(H2,24,25,27). The number of allylic oxidation sites excluding steroid dienone is 1. The molecule has 1 heterocycles. The van der Waals surface area contributed by atoms with Crippen molar-refractivity contribution in [2.24, 2.45) is 0 Å². The molecular formula is C22H23FN2O5. The van der Waals surface area contributed by atoms with E-state index < -0.39 is 18.0 Å². The first-order valence-electron chi connectivity index (χ1n) is 9.41. The number of hydrogen-bond donors (Lipinski definition) is 2. The van der Waals surface area contributed by atoms with E-state index in [0.717, 1.165) is 5.56 Å². The molecule has 2 N–H and O–H groups in total. The highest BCUT2D eigenvalue weighted by atomic mass is 19.1. The maximum atomic E-state index is 13.2. The first kappa shape index (κ1) is 21.2. The summed E-state index contributed by atoms with van der Waals surface area (Å²) in [5, 5.41) is 5.43. The van der Waals surface area contributed by atoms with Crippen LogP contribution in [0.2, 0.25) is 0 Å². The maximum absolute atomic E-state index is 13.2. The molecule has 0 spiro atoms. The molecular weight excluding hydrogens is 391 g/mol. The number of rotatable bonds is 7. The minimum atomic E-state index is -0.792. The Morgan fingerprint density at radius 2 is 1.87 bits per heavy atom. The summed E-state index contributed by atoms with van der Waals surface area (Å²) in [7, 11) is 2.78. The number of para-hydroxylation sites is 1. The van der Waals surface area contributed by atoms with Crippen molar-refractivity contribution in [3.63, 3.8) is 0 Å². The summed E-state index contributed by atoms with van der Waals surface area (Å²) < 4.78 is 29.6. The lowest BCUT2D eigenvalue weighted by molar-refractivity contribution is -0.136. The van der Waals surface area contributed by atoms with E-state index in [4.69, 9.17) is 14.2 Å². The molecule has 30 heavy (non-hydrogen) atoms. The average Bonchev–Trinajstić information content (AvgIpc) is 2.77. The van der Waals surface area contributed by atoms with E-state index in [1.54, 1.807) is 30.3 Å². The van der Waals surface area contributed by atoms with Gasteiger partial charge in [-0.3, -0.25) is 0 Å². The molecule has 3 rings (SSSR count). The van der Waals surface area contributed by atoms with E-state index in [9.17, 15) is 14.0 Å². The number of carbonyl (C=O) groups excluding carboxylic acids is 2. The number of ether oxygens (including phenoxy) is 3. The lowest BCUT2D eigenvalue weighted by Gasteiger charge is -2.30. The van der Waals surface area contributed by atoms with Gasteiger partial charge < -0.3 is 24.8 Å². The van der Waals surface area contributed by atoms with Crippen LogP contribution in [0.1, 0.15) is 30.5 Å². The van der Waals surface area contributed by atoms with Crippen LogP contribution in [0.25, 0.3) is 0 Å². The molecule has 2 aromatic rings. The Morgan fingerprint density at radius 1 is 1.13 bits per heavy atom. The van der Waals surface area contributed by atoms with E-state index in [1.165, 1.54) is 26.4 Å². The van der Waals surface area contributed by atoms with Gasteiger partial charge in [0.05, 0.1) is 25.8 Å². The molecule has 0 bridgehead atoms. The highest BCUT2D eigenvalue weighted by Gasteiger charge is 2.35. The fourth-order valence-corrected chi connectivity index (χ4v) is 3.29. The van der Waals surface area contributed by atoms with Crippen molar-refractivity contribution in [1.29, 1.82) is 0 Å². The molecule has 2 amide bonds. The number of halogens is 1. The van der Waals surface area contributed by atoms with Gasteiger partial charge >= 0.3 is 12.0 Å². The van der Waals surface area contributed by atoms with Crippen molar-refractivity contribution in [1.82, 2.24) is 10.6 Å². The number of esters is 1. The van der Waals surface area contributed by atoms with Crippen LogP contribution in [-0.4, -0.2) is 26.2 Å². The highest BCUT2D eigenvalue weighted by Crippen LogP contribution is 2.40. The number of carbonyl (C=O) groups is 2. The molecule has 0 aromatic heterocycles. The summed E-state index contributed by atoms with van der Waals surface area (Å²) in [5.41, 5.74) is 2.06. The van der Waals surface area contributed by atoms with Crippen LogP contribution < -0.4 is 20.1 Å². The number of hydrogen-bond acceptors (Lipinski definition) is 5. The van der Waals surface area contributed by atoms with Gasteiger partial charge in [0.1, 0.15) is 12.4 Å². The van der Waals surface area contributed by atoms with Crippen molar-refractivity contribution in [2.75, 3.05) is 14.2 Å². The molecule has 2 aromatic carbocycles. The molecule has 8 heteroatoms. The summed E-state index contributed by atoms with van der Waals surface area (Å²) in [6, 6.07) is 9.91. The van der Waals surface area contributed by atoms with Gasteiger partial charge in [-0.15, -0.1) is 0 Å². The van der Waals surface area contributed by atoms with E-state index in [0.29, 0.717) is 34.8 Å². The zero-order valence-electron chi connectivity index (χ0n) is 17.0. The zero-order chi connectivity index (χ0) is 21.7. The van der Waals surface area contributed by atoms with Gasteiger partial charge in [0.25, 0.3) is 0 Å². The van der Waals surface area contributed by atoms with Crippen LogP contribution in [0, 0.1) is 5.82 Å². The first-order valence-corrected chi connectivity index (χ1v) is 9.41. The minimum absolute atomic E-state index is 0.143. The number of benzene rings is 2. The predicted molar refractivity (Wildman–Crippen MR) is 107 cm³/mol. The van der Waals surface area contributed by atoms with Crippen LogP contribution in [0.3, 0.4) is 0 Å². The van der Waals surface area contributed by atoms with Gasteiger partial charge in [-0.05, 0) is 30.2 Å². The van der Waals surface area contributed by atoms with E-state index >= 15 is 0 Å². The normalized spacial score (nSPS) is 15.9. The number of amides is 2. The summed E-state index contributed by atoms with van der Waals surface area (Å²) >= 11 is 0. The zero-order valence-corrected chi connectivity index (χ0v) is 17.0. The second kappa shape index (κ2) is 9.30. The van der Waals surface area contributed by atoms with Crippen molar-refractivity contribution < 1.29 is 28.2 Å².